The number of hydrogen-bond acceptors (Lipinski definition) is 2. The van der Waals surface area contributed by atoms with Gasteiger partial charge in [0, 0.05) is 9.50 Å². The van der Waals surface area contributed by atoms with Gasteiger partial charge in [0.15, 0.2) is 0 Å². The highest BCUT2D eigenvalue weighted by atomic mass is 79.9. The smallest absolute Gasteiger partial charge is 0.0681 e. The molecule has 1 atom stereocenters. The molecular formula is C13H16BrClN2. The van der Waals surface area contributed by atoms with Gasteiger partial charge < -0.3 is 0 Å². The molecule has 1 unspecified atom stereocenters. The van der Waals surface area contributed by atoms with Crippen molar-refractivity contribution in [3.05, 3.63) is 44.9 Å². The molecule has 0 bridgehead atoms. The second kappa shape index (κ2) is 6.01. The molecule has 0 saturated heterocycles. The highest BCUT2D eigenvalue weighted by molar-refractivity contribution is 9.10. The van der Waals surface area contributed by atoms with Crippen LogP contribution in [0.3, 0.4) is 0 Å². The van der Waals surface area contributed by atoms with Crippen LogP contribution in [-0.2, 0) is 0 Å². The number of hydrogen-bond donors (Lipinski definition) is 2. The molecule has 1 aliphatic carbocycles. The first-order chi connectivity index (χ1) is 8.22. The molecule has 1 aromatic rings. The Labute approximate surface area is 115 Å². The maximum atomic E-state index is 5.95. The van der Waals surface area contributed by atoms with Gasteiger partial charge in [-0.15, -0.1) is 0 Å². The van der Waals surface area contributed by atoms with E-state index in [9.17, 15) is 0 Å². The van der Waals surface area contributed by atoms with E-state index in [0.717, 1.165) is 27.9 Å². The fourth-order valence-electron chi connectivity index (χ4n) is 2.26. The van der Waals surface area contributed by atoms with Gasteiger partial charge in [-0.2, -0.15) is 0 Å². The van der Waals surface area contributed by atoms with E-state index < -0.39 is 0 Å². The van der Waals surface area contributed by atoms with Gasteiger partial charge in [0.25, 0.3) is 0 Å². The summed E-state index contributed by atoms with van der Waals surface area (Å²) in [6.45, 7) is 0. The predicted octanol–water partition coefficient (Wildman–Crippen LogP) is 4.11. The molecule has 92 valence electrons. The minimum Gasteiger partial charge on any atom is -0.271 e. The molecular weight excluding hydrogens is 300 g/mol. The monoisotopic (exact) mass is 314 g/mol. The van der Waals surface area contributed by atoms with Crippen LogP contribution in [0.25, 0.3) is 0 Å². The third-order valence-corrected chi connectivity index (χ3v) is 4.06. The molecule has 1 aliphatic rings. The number of hydrazine groups is 1. The normalized spacial score (nSPS) is 17.7. The van der Waals surface area contributed by atoms with Crippen molar-refractivity contribution in [3.8, 4) is 0 Å². The summed E-state index contributed by atoms with van der Waals surface area (Å²) in [5.74, 6) is 5.70. The zero-order chi connectivity index (χ0) is 12.3. The standard InChI is InChI=1S/C13H16BrClN2/c14-12-8-10(15)6-7-11(12)13(17-16)9-4-2-1-3-5-9/h4,6-8,13,17H,1-3,5,16H2. The lowest BCUT2D eigenvalue weighted by atomic mass is 9.90. The molecule has 3 N–H and O–H groups in total. The van der Waals surface area contributed by atoms with E-state index in [4.69, 9.17) is 17.4 Å². The van der Waals surface area contributed by atoms with E-state index in [1.807, 2.05) is 18.2 Å². The molecule has 0 saturated carbocycles. The molecule has 2 rings (SSSR count). The minimum absolute atomic E-state index is 0.0851. The fraction of sp³-hybridized carbons (Fsp3) is 0.385. The van der Waals surface area contributed by atoms with Crippen LogP contribution < -0.4 is 11.3 Å². The Morgan fingerprint density at radius 1 is 1.35 bits per heavy atom. The second-order valence-electron chi connectivity index (χ2n) is 4.29. The number of nitrogens with one attached hydrogen (secondary N) is 1. The van der Waals surface area contributed by atoms with Gasteiger partial charge in [0.1, 0.15) is 0 Å². The summed E-state index contributed by atoms with van der Waals surface area (Å²) >= 11 is 9.50. The number of halogens is 2. The van der Waals surface area contributed by atoms with Crippen molar-refractivity contribution in [2.24, 2.45) is 5.84 Å². The highest BCUT2D eigenvalue weighted by Gasteiger charge is 2.19. The van der Waals surface area contributed by atoms with E-state index in [1.54, 1.807) is 0 Å². The maximum absolute atomic E-state index is 5.95. The SMILES string of the molecule is NNC(C1=CCCCC1)c1ccc(Cl)cc1Br. The van der Waals surface area contributed by atoms with Crippen LogP contribution in [0.1, 0.15) is 37.3 Å². The molecule has 1 aromatic carbocycles. The zero-order valence-electron chi connectivity index (χ0n) is 9.55. The minimum atomic E-state index is 0.0851. The molecule has 17 heavy (non-hydrogen) atoms. The van der Waals surface area contributed by atoms with Crippen LogP contribution in [0.2, 0.25) is 5.02 Å². The van der Waals surface area contributed by atoms with Gasteiger partial charge in [-0.1, -0.05) is 45.2 Å². The predicted molar refractivity (Wildman–Crippen MR) is 75.8 cm³/mol. The summed E-state index contributed by atoms with van der Waals surface area (Å²) in [5, 5.41) is 0.731. The Morgan fingerprint density at radius 2 is 2.18 bits per heavy atom. The van der Waals surface area contributed by atoms with Crippen LogP contribution in [0.15, 0.2) is 34.3 Å². The molecule has 2 nitrogen and oxygen atoms in total. The van der Waals surface area contributed by atoms with Gasteiger partial charge in [-0.3, -0.25) is 5.84 Å². The fourth-order valence-corrected chi connectivity index (χ4v) is 3.17. The second-order valence-corrected chi connectivity index (χ2v) is 5.58. The van der Waals surface area contributed by atoms with E-state index >= 15 is 0 Å². The van der Waals surface area contributed by atoms with Gasteiger partial charge in [0.05, 0.1) is 6.04 Å². The summed E-state index contributed by atoms with van der Waals surface area (Å²) in [5.41, 5.74) is 5.43. The Kier molecular flexibility index (Phi) is 4.62. The largest absolute Gasteiger partial charge is 0.271 e. The topological polar surface area (TPSA) is 38.0 Å². The van der Waals surface area contributed by atoms with Crippen LogP contribution >= 0.6 is 27.5 Å². The Hall–Kier alpha value is -0.350. The number of allylic oxidation sites excluding steroid dienone is 1. The third-order valence-electron chi connectivity index (χ3n) is 3.14. The van der Waals surface area contributed by atoms with E-state index in [0.29, 0.717) is 0 Å². The maximum Gasteiger partial charge on any atom is 0.0681 e. The van der Waals surface area contributed by atoms with Crippen LogP contribution in [0.4, 0.5) is 0 Å². The lowest BCUT2D eigenvalue weighted by molar-refractivity contribution is 0.564. The van der Waals surface area contributed by atoms with Crippen molar-refractivity contribution in [1.82, 2.24) is 5.43 Å². The molecule has 0 fully saturated rings. The van der Waals surface area contributed by atoms with Crippen molar-refractivity contribution in [2.45, 2.75) is 31.7 Å². The van der Waals surface area contributed by atoms with Crippen molar-refractivity contribution < 1.29 is 0 Å². The van der Waals surface area contributed by atoms with Crippen molar-refractivity contribution in [1.29, 1.82) is 0 Å². The van der Waals surface area contributed by atoms with Crippen LogP contribution in [0, 0.1) is 0 Å². The lowest BCUT2D eigenvalue weighted by Crippen LogP contribution is -2.30. The molecule has 0 amide bonds. The summed E-state index contributed by atoms with van der Waals surface area (Å²) in [6.07, 6.45) is 7.09. The molecule has 0 aliphatic heterocycles. The molecule has 0 spiro atoms. The summed E-state index contributed by atoms with van der Waals surface area (Å²) in [4.78, 5) is 0. The van der Waals surface area contributed by atoms with E-state index in [2.05, 4.69) is 27.4 Å². The quantitative estimate of drug-likeness (QED) is 0.500. The molecule has 0 radical (unpaired) electrons. The molecule has 0 aromatic heterocycles. The van der Waals surface area contributed by atoms with E-state index in [-0.39, 0.29) is 6.04 Å². The van der Waals surface area contributed by atoms with Gasteiger partial charge in [-0.25, -0.2) is 5.43 Å². The lowest BCUT2D eigenvalue weighted by Gasteiger charge is -2.24. The van der Waals surface area contributed by atoms with Crippen LogP contribution in [-0.4, -0.2) is 0 Å². The Balaban J connectivity index is 2.31. The first kappa shape index (κ1) is 13.1. The van der Waals surface area contributed by atoms with E-state index in [1.165, 1.54) is 18.4 Å². The van der Waals surface area contributed by atoms with Crippen molar-refractivity contribution in [2.75, 3.05) is 0 Å². The van der Waals surface area contributed by atoms with Gasteiger partial charge in [0.2, 0.25) is 0 Å². The first-order valence-corrected chi connectivity index (χ1v) is 6.99. The van der Waals surface area contributed by atoms with Gasteiger partial charge in [-0.05, 0) is 43.4 Å². The van der Waals surface area contributed by atoms with Crippen molar-refractivity contribution in [3.63, 3.8) is 0 Å². The number of nitrogens with two attached hydrogens (primary N) is 1. The van der Waals surface area contributed by atoms with Crippen LogP contribution in [0.5, 0.6) is 0 Å². The Bertz CT molecular complexity index is 431. The van der Waals surface area contributed by atoms with Gasteiger partial charge >= 0.3 is 0 Å². The molecule has 0 heterocycles. The third kappa shape index (κ3) is 3.10. The number of benzene rings is 1. The summed E-state index contributed by atoms with van der Waals surface area (Å²) in [6, 6.07) is 5.91. The Morgan fingerprint density at radius 3 is 2.76 bits per heavy atom. The average molecular weight is 316 g/mol. The zero-order valence-corrected chi connectivity index (χ0v) is 11.9. The summed E-state index contributed by atoms with van der Waals surface area (Å²) in [7, 11) is 0. The summed E-state index contributed by atoms with van der Waals surface area (Å²) < 4.78 is 0.999. The number of rotatable bonds is 3. The van der Waals surface area contributed by atoms with Crippen molar-refractivity contribution >= 4 is 27.5 Å². The highest BCUT2D eigenvalue weighted by Crippen LogP contribution is 2.34. The first-order valence-electron chi connectivity index (χ1n) is 5.82. The average Bonchev–Trinajstić information content (AvgIpc) is 2.34. The molecule has 4 heteroatoms.